The standard InChI is InChI=1S/C14H15BrClN3OS/c1-19(6-9-4-13(15)21-8-9)7-14(20)18-10-2-3-11(16)12(17)5-10/h2-5,8H,6-7,17H2,1H3,(H,18,20). The molecule has 4 nitrogen and oxygen atoms in total. The molecule has 0 atom stereocenters. The van der Waals surface area contributed by atoms with E-state index in [9.17, 15) is 4.79 Å². The van der Waals surface area contributed by atoms with Gasteiger partial charge in [-0.3, -0.25) is 9.69 Å². The molecule has 0 aliphatic rings. The maximum atomic E-state index is 12.0. The quantitative estimate of drug-likeness (QED) is 0.766. The monoisotopic (exact) mass is 387 g/mol. The van der Waals surface area contributed by atoms with Gasteiger partial charge < -0.3 is 11.1 Å². The van der Waals surface area contributed by atoms with Gasteiger partial charge in [0.2, 0.25) is 5.91 Å². The van der Waals surface area contributed by atoms with Crippen molar-refractivity contribution < 1.29 is 4.79 Å². The van der Waals surface area contributed by atoms with E-state index < -0.39 is 0 Å². The predicted molar refractivity (Wildman–Crippen MR) is 92.8 cm³/mol. The summed E-state index contributed by atoms with van der Waals surface area (Å²) in [5.41, 5.74) is 7.98. The van der Waals surface area contributed by atoms with Crippen molar-refractivity contribution in [2.24, 2.45) is 0 Å². The molecule has 1 heterocycles. The number of amides is 1. The maximum Gasteiger partial charge on any atom is 0.238 e. The van der Waals surface area contributed by atoms with Gasteiger partial charge in [0.05, 0.1) is 21.0 Å². The van der Waals surface area contributed by atoms with Crippen LogP contribution in [0.25, 0.3) is 0 Å². The first-order valence-corrected chi connectivity index (χ1v) is 8.25. The van der Waals surface area contributed by atoms with Gasteiger partial charge in [0, 0.05) is 12.2 Å². The number of likely N-dealkylation sites (N-methyl/N-ethyl adjacent to an activating group) is 1. The number of rotatable bonds is 5. The lowest BCUT2D eigenvalue weighted by molar-refractivity contribution is -0.117. The predicted octanol–water partition coefficient (Wildman–Crippen LogP) is 3.82. The Balaban J connectivity index is 1.87. The van der Waals surface area contributed by atoms with Crippen molar-refractivity contribution in [1.82, 2.24) is 4.90 Å². The Morgan fingerprint density at radius 3 is 2.86 bits per heavy atom. The van der Waals surface area contributed by atoms with Crippen LogP contribution in [0.2, 0.25) is 5.02 Å². The van der Waals surface area contributed by atoms with Crippen LogP contribution < -0.4 is 11.1 Å². The van der Waals surface area contributed by atoms with Crippen molar-refractivity contribution in [1.29, 1.82) is 0 Å². The van der Waals surface area contributed by atoms with Gasteiger partial charge in [0.15, 0.2) is 0 Å². The van der Waals surface area contributed by atoms with E-state index in [0.29, 0.717) is 22.9 Å². The van der Waals surface area contributed by atoms with E-state index in [4.69, 9.17) is 17.3 Å². The molecule has 0 aliphatic heterocycles. The minimum atomic E-state index is -0.0893. The van der Waals surface area contributed by atoms with Crippen molar-refractivity contribution in [2.45, 2.75) is 6.54 Å². The summed E-state index contributed by atoms with van der Waals surface area (Å²) >= 11 is 10.9. The molecule has 0 fully saturated rings. The zero-order chi connectivity index (χ0) is 15.4. The zero-order valence-corrected chi connectivity index (χ0v) is 14.6. The molecule has 0 spiro atoms. The van der Waals surface area contributed by atoms with Crippen LogP contribution in [0.15, 0.2) is 33.4 Å². The van der Waals surface area contributed by atoms with E-state index in [1.54, 1.807) is 29.5 Å². The van der Waals surface area contributed by atoms with Gasteiger partial charge in [-0.1, -0.05) is 11.6 Å². The lowest BCUT2D eigenvalue weighted by Crippen LogP contribution is -2.29. The molecule has 2 aromatic rings. The topological polar surface area (TPSA) is 58.4 Å². The van der Waals surface area contributed by atoms with Crippen LogP contribution in [-0.4, -0.2) is 24.4 Å². The number of nitrogens with zero attached hydrogens (tertiary/aromatic N) is 1. The average molecular weight is 389 g/mol. The van der Waals surface area contributed by atoms with E-state index in [0.717, 1.165) is 10.3 Å². The van der Waals surface area contributed by atoms with Crippen LogP contribution >= 0.6 is 38.9 Å². The van der Waals surface area contributed by atoms with Gasteiger partial charge in [-0.25, -0.2) is 0 Å². The molecule has 1 amide bonds. The molecule has 0 radical (unpaired) electrons. The molecule has 0 bridgehead atoms. The normalized spacial score (nSPS) is 10.9. The second-order valence-electron chi connectivity index (χ2n) is 4.72. The fourth-order valence-corrected chi connectivity index (χ4v) is 3.18. The van der Waals surface area contributed by atoms with E-state index in [1.165, 1.54) is 5.56 Å². The number of nitrogens with one attached hydrogen (secondary N) is 1. The van der Waals surface area contributed by atoms with Gasteiger partial charge in [-0.2, -0.15) is 0 Å². The number of hydrogen-bond acceptors (Lipinski definition) is 4. The molecule has 0 saturated heterocycles. The Kier molecular flexibility index (Phi) is 5.64. The Bertz CT molecular complexity index is 647. The Hall–Kier alpha value is -1.08. The average Bonchev–Trinajstić information content (AvgIpc) is 2.79. The first-order valence-electron chi connectivity index (χ1n) is 6.20. The maximum absolute atomic E-state index is 12.0. The number of halogens is 2. The van der Waals surface area contributed by atoms with Crippen molar-refractivity contribution in [3.05, 3.63) is 44.0 Å². The first kappa shape index (κ1) is 16.3. The summed E-state index contributed by atoms with van der Waals surface area (Å²) in [6.07, 6.45) is 0. The van der Waals surface area contributed by atoms with Crippen LogP contribution in [0.4, 0.5) is 11.4 Å². The molecular formula is C14H15BrClN3OS. The Morgan fingerprint density at radius 1 is 1.48 bits per heavy atom. The fraction of sp³-hybridized carbons (Fsp3) is 0.214. The molecule has 0 aliphatic carbocycles. The molecule has 0 saturated carbocycles. The second kappa shape index (κ2) is 7.26. The minimum absolute atomic E-state index is 0.0893. The van der Waals surface area contributed by atoms with Gasteiger partial charge >= 0.3 is 0 Å². The van der Waals surface area contributed by atoms with Gasteiger partial charge in [0.1, 0.15) is 0 Å². The molecule has 1 aromatic heterocycles. The number of hydrogen-bond donors (Lipinski definition) is 2. The number of anilines is 2. The number of nitrogen functional groups attached to an aromatic ring is 1. The number of benzene rings is 1. The molecule has 0 unspecified atom stereocenters. The van der Waals surface area contributed by atoms with Crippen LogP contribution in [0.1, 0.15) is 5.56 Å². The summed E-state index contributed by atoms with van der Waals surface area (Å²) in [4.78, 5) is 13.9. The highest BCUT2D eigenvalue weighted by atomic mass is 79.9. The third-order valence-corrected chi connectivity index (χ3v) is 4.67. The second-order valence-corrected chi connectivity index (χ2v) is 7.41. The smallest absolute Gasteiger partial charge is 0.238 e. The Labute approximate surface area is 141 Å². The summed E-state index contributed by atoms with van der Waals surface area (Å²) in [5, 5.41) is 5.35. The molecule has 7 heteroatoms. The Morgan fingerprint density at radius 2 is 2.24 bits per heavy atom. The van der Waals surface area contributed by atoms with Gasteiger partial charge in [0.25, 0.3) is 0 Å². The van der Waals surface area contributed by atoms with Crippen LogP contribution in [0, 0.1) is 0 Å². The molecule has 3 N–H and O–H groups in total. The summed E-state index contributed by atoms with van der Waals surface area (Å²) in [5.74, 6) is -0.0893. The summed E-state index contributed by atoms with van der Waals surface area (Å²) < 4.78 is 1.09. The van der Waals surface area contributed by atoms with E-state index >= 15 is 0 Å². The number of thiophene rings is 1. The highest BCUT2D eigenvalue weighted by Gasteiger charge is 2.09. The number of carbonyl (C=O) groups is 1. The molecular weight excluding hydrogens is 374 g/mol. The minimum Gasteiger partial charge on any atom is -0.397 e. The van der Waals surface area contributed by atoms with Crippen molar-refractivity contribution in [3.8, 4) is 0 Å². The molecule has 112 valence electrons. The van der Waals surface area contributed by atoms with Crippen LogP contribution in [0.5, 0.6) is 0 Å². The number of carbonyl (C=O) groups excluding carboxylic acids is 1. The third-order valence-electron chi connectivity index (χ3n) is 2.77. The first-order chi connectivity index (χ1) is 9.94. The third kappa shape index (κ3) is 5.00. The summed E-state index contributed by atoms with van der Waals surface area (Å²) in [6, 6.07) is 7.10. The molecule has 1 aromatic carbocycles. The highest BCUT2D eigenvalue weighted by molar-refractivity contribution is 9.11. The molecule has 2 rings (SSSR count). The van der Waals surface area contributed by atoms with Gasteiger partial charge in [-0.05, 0) is 58.2 Å². The van der Waals surface area contributed by atoms with E-state index in [-0.39, 0.29) is 5.91 Å². The SMILES string of the molecule is CN(CC(=O)Nc1ccc(Cl)c(N)c1)Cc1csc(Br)c1. The lowest BCUT2D eigenvalue weighted by Gasteiger charge is -2.15. The summed E-state index contributed by atoms with van der Waals surface area (Å²) in [7, 11) is 1.90. The zero-order valence-electron chi connectivity index (χ0n) is 11.4. The summed E-state index contributed by atoms with van der Waals surface area (Å²) in [6.45, 7) is 1.02. The fourth-order valence-electron chi connectivity index (χ4n) is 1.86. The van der Waals surface area contributed by atoms with Crippen molar-refractivity contribution >= 4 is 56.1 Å². The highest BCUT2D eigenvalue weighted by Crippen LogP contribution is 2.23. The van der Waals surface area contributed by atoms with Crippen LogP contribution in [-0.2, 0) is 11.3 Å². The molecule has 21 heavy (non-hydrogen) atoms. The largest absolute Gasteiger partial charge is 0.397 e. The van der Waals surface area contributed by atoms with Crippen molar-refractivity contribution in [3.63, 3.8) is 0 Å². The lowest BCUT2D eigenvalue weighted by atomic mass is 10.2. The number of nitrogens with two attached hydrogens (primary N) is 1. The van der Waals surface area contributed by atoms with E-state index in [1.807, 2.05) is 11.9 Å². The van der Waals surface area contributed by atoms with Crippen molar-refractivity contribution in [2.75, 3.05) is 24.6 Å². The van der Waals surface area contributed by atoms with Crippen LogP contribution in [0.3, 0.4) is 0 Å². The van der Waals surface area contributed by atoms with E-state index in [2.05, 4.69) is 32.7 Å². The van der Waals surface area contributed by atoms with Gasteiger partial charge in [-0.15, -0.1) is 11.3 Å².